The zero-order chi connectivity index (χ0) is 34.1. The lowest BCUT2D eigenvalue weighted by Crippen LogP contribution is -2.54. The third-order valence-electron chi connectivity index (χ3n) is 7.87. The largest absolute Gasteiger partial charge is 0.495 e. The number of methoxy groups -OCH3 is 1. The second-order valence-electron chi connectivity index (χ2n) is 11.3. The average Bonchev–Trinajstić information content (AvgIpc) is 3.06. The predicted octanol–water partition coefficient (Wildman–Crippen LogP) is 7.06. The third-order valence-corrected chi connectivity index (χ3v) is 10.2. The summed E-state index contributed by atoms with van der Waals surface area (Å²) in [6, 6.07) is 26.1. The van der Waals surface area contributed by atoms with Crippen molar-refractivity contribution in [3.63, 3.8) is 0 Å². The monoisotopic (exact) mass is 695 g/mol. The third kappa shape index (κ3) is 9.06. The highest BCUT2D eigenvalue weighted by Gasteiger charge is 2.36. The fraction of sp³-hybridized carbons (Fsp3) is 0.278. The Morgan fingerprint density at radius 3 is 2.21 bits per heavy atom. The van der Waals surface area contributed by atoms with Crippen molar-refractivity contribution in [1.82, 2.24) is 10.2 Å². The van der Waals surface area contributed by atoms with Gasteiger partial charge < -0.3 is 15.0 Å². The van der Waals surface area contributed by atoms with Gasteiger partial charge in [0.05, 0.1) is 17.7 Å². The molecule has 0 aliphatic heterocycles. The number of sulfonamides is 1. The molecule has 0 saturated carbocycles. The molecule has 2 atom stereocenters. The van der Waals surface area contributed by atoms with Gasteiger partial charge in [0.1, 0.15) is 18.3 Å². The van der Waals surface area contributed by atoms with Crippen LogP contribution in [-0.2, 0) is 32.6 Å². The minimum Gasteiger partial charge on any atom is -0.495 e. The molecule has 2 amide bonds. The molecule has 0 aromatic heterocycles. The number of amides is 2. The van der Waals surface area contributed by atoms with Gasteiger partial charge >= 0.3 is 0 Å². The Morgan fingerprint density at radius 2 is 1.57 bits per heavy atom. The topological polar surface area (TPSA) is 96.0 Å². The van der Waals surface area contributed by atoms with Crippen LogP contribution >= 0.6 is 23.2 Å². The van der Waals surface area contributed by atoms with Crippen LogP contribution in [0.3, 0.4) is 0 Å². The molecule has 0 heterocycles. The molecule has 0 aliphatic rings. The van der Waals surface area contributed by atoms with Crippen LogP contribution in [0.5, 0.6) is 5.75 Å². The first kappa shape index (κ1) is 35.8. The number of ether oxygens (including phenoxy) is 1. The van der Waals surface area contributed by atoms with E-state index in [-0.39, 0.29) is 41.2 Å². The number of carbonyl (C=O) groups excluding carboxylic acids is 2. The molecule has 0 bridgehead atoms. The van der Waals surface area contributed by atoms with E-state index in [4.69, 9.17) is 27.9 Å². The number of aryl methyl sites for hydroxylation is 1. The molecule has 2 unspecified atom stereocenters. The molecular formula is C36H39Cl2N3O5S. The van der Waals surface area contributed by atoms with Crippen LogP contribution < -0.4 is 14.4 Å². The number of halogens is 2. The lowest BCUT2D eigenvalue weighted by molar-refractivity contribution is -0.140. The molecule has 0 saturated heterocycles. The number of nitrogens with zero attached hydrogens (tertiary/aromatic N) is 2. The summed E-state index contributed by atoms with van der Waals surface area (Å²) in [6.07, 6.45) is 0.858. The van der Waals surface area contributed by atoms with Crippen molar-refractivity contribution < 1.29 is 22.7 Å². The maximum Gasteiger partial charge on any atom is 0.264 e. The Hall–Kier alpha value is -4.05. The molecule has 4 rings (SSSR count). The SMILES string of the molecule is CCC(C)NC(=O)C(Cc1ccccc1)N(Cc1ccc(Cl)cc1Cl)C(=O)CN(c1ccccc1OC)S(=O)(=O)c1ccc(C)cc1. The molecule has 11 heteroatoms. The van der Waals surface area contributed by atoms with Crippen LogP contribution in [-0.4, -0.2) is 50.9 Å². The maximum atomic E-state index is 14.7. The van der Waals surface area contributed by atoms with Crippen molar-refractivity contribution in [1.29, 1.82) is 0 Å². The Labute approximate surface area is 287 Å². The van der Waals surface area contributed by atoms with Crippen LogP contribution in [0.25, 0.3) is 0 Å². The molecule has 4 aromatic carbocycles. The first-order valence-corrected chi connectivity index (χ1v) is 17.4. The summed E-state index contributed by atoms with van der Waals surface area (Å²) in [6.45, 7) is 5.00. The Kier molecular flexibility index (Phi) is 12.3. The van der Waals surface area contributed by atoms with Crippen molar-refractivity contribution in [2.75, 3.05) is 18.0 Å². The van der Waals surface area contributed by atoms with Crippen LogP contribution in [0, 0.1) is 6.92 Å². The smallest absolute Gasteiger partial charge is 0.264 e. The molecule has 8 nitrogen and oxygen atoms in total. The van der Waals surface area contributed by atoms with Crippen molar-refractivity contribution in [2.24, 2.45) is 0 Å². The second kappa shape index (κ2) is 16.2. The second-order valence-corrected chi connectivity index (χ2v) is 14.0. The number of para-hydroxylation sites is 2. The number of nitrogens with one attached hydrogen (secondary N) is 1. The Balaban J connectivity index is 1.85. The quantitative estimate of drug-likeness (QED) is 0.152. The minimum absolute atomic E-state index is 0.00412. The summed E-state index contributed by atoms with van der Waals surface area (Å²) in [5, 5.41) is 3.75. The van der Waals surface area contributed by atoms with Gasteiger partial charge in [0.15, 0.2) is 0 Å². The normalized spacial score (nSPS) is 12.6. The lowest BCUT2D eigenvalue weighted by Gasteiger charge is -2.34. The van der Waals surface area contributed by atoms with E-state index in [9.17, 15) is 18.0 Å². The van der Waals surface area contributed by atoms with Gasteiger partial charge in [0.25, 0.3) is 10.0 Å². The predicted molar refractivity (Wildman–Crippen MR) is 188 cm³/mol. The summed E-state index contributed by atoms with van der Waals surface area (Å²) in [5.41, 5.74) is 2.43. The first-order chi connectivity index (χ1) is 22.4. The van der Waals surface area contributed by atoms with E-state index >= 15 is 0 Å². The van der Waals surface area contributed by atoms with Crippen molar-refractivity contribution in [3.05, 3.63) is 124 Å². The van der Waals surface area contributed by atoms with E-state index in [1.54, 1.807) is 54.6 Å². The van der Waals surface area contributed by atoms with Crippen LogP contribution in [0.2, 0.25) is 10.0 Å². The first-order valence-electron chi connectivity index (χ1n) is 15.2. The molecule has 1 N–H and O–H groups in total. The minimum atomic E-state index is -4.28. The standard InChI is InChI=1S/C36H39Cl2N3O5S/c1-5-26(3)39-36(43)33(21-27-11-7-6-8-12-27)40(23-28-17-18-29(37)22-31(28)38)35(42)24-41(32-13-9-10-14-34(32)46-4)47(44,45)30-19-15-25(2)16-20-30/h6-20,22,26,33H,5,21,23-24H2,1-4H3,(H,39,43). The zero-order valence-corrected chi connectivity index (χ0v) is 29.1. The van der Waals surface area contributed by atoms with Crippen LogP contribution in [0.1, 0.15) is 37.0 Å². The molecule has 0 radical (unpaired) electrons. The molecule has 47 heavy (non-hydrogen) atoms. The number of benzene rings is 4. The van der Waals surface area contributed by atoms with Gasteiger partial charge in [-0.25, -0.2) is 8.42 Å². The van der Waals surface area contributed by atoms with Gasteiger partial charge in [-0.2, -0.15) is 0 Å². The number of anilines is 1. The fourth-order valence-electron chi connectivity index (χ4n) is 5.02. The fourth-order valence-corrected chi connectivity index (χ4v) is 6.91. The molecule has 4 aromatic rings. The van der Waals surface area contributed by atoms with E-state index in [0.717, 1.165) is 15.4 Å². The summed E-state index contributed by atoms with van der Waals surface area (Å²) >= 11 is 12.8. The Bertz CT molecular complexity index is 1790. The zero-order valence-electron chi connectivity index (χ0n) is 26.8. The van der Waals surface area contributed by atoms with Gasteiger partial charge in [-0.3, -0.25) is 13.9 Å². The van der Waals surface area contributed by atoms with E-state index in [1.165, 1.54) is 24.1 Å². The molecule has 0 aliphatic carbocycles. The molecule has 0 fully saturated rings. The average molecular weight is 697 g/mol. The van der Waals surface area contributed by atoms with Gasteiger partial charge in [0.2, 0.25) is 11.8 Å². The number of hydrogen-bond acceptors (Lipinski definition) is 5. The summed E-state index contributed by atoms with van der Waals surface area (Å²) in [7, 11) is -2.85. The number of rotatable bonds is 14. The summed E-state index contributed by atoms with van der Waals surface area (Å²) < 4.78 is 35.1. The lowest BCUT2D eigenvalue weighted by atomic mass is 10.0. The highest BCUT2D eigenvalue weighted by Crippen LogP contribution is 2.33. The van der Waals surface area contributed by atoms with Gasteiger partial charge in [-0.15, -0.1) is 0 Å². The molecule has 248 valence electrons. The number of hydrogen-bond donors (Lipinski definition) is 1. The van der Waals surface area contributed by atoms with E-state index in [0.29, 0.717) is 22.0 Å². The summed E-state index contributed by atoms with van der Waals surface area (Å²) in [5.74, 6) is -0.719. The van der Waals surface area contributed by atoms with Crippen molar-refractivity contribution in [2.45, 2.75) is 57.1 Å². The summed E-state index contributed by atoms with van der Waals surface area (Å²) in [4.78, 5) is 30.1. The van der Waals surface area contributed by atoms with E-state index in [1.807, 2.05) is 51.1 Å². The van der Waals surface area contributed by atoms with E-state index < -0.39 is 28.5 Å². The van der Waals surface area contributed by atoms with Crippen LogP contribution in [0.4, 0.5) is 5.69 Å². The highest BCUT2D eigenvalue weighted by molar-refractivity contribution is 7.92. The number of carbonyl (C=O) groups is 2. The Morgan fingerprint density at radius 1 is 0.915 bits per heavy atom. The highest BCUT2D eigenvalue weighted by atomic mass is 35.5. The molecular weight excluding hydrogens is 657 g/mol. The van der Waals surface area contributed by atoms with Gasteiger partial charge in [0, 0.05) is 29.1 Å². The molecule has 0 spiro atoms. The van der Waals surface area contributed by atoms with Gasteiger partial charge in [-0.1, -0.05) is 96.4 Å². The maximum absolute atomic E-state index is 14.7. The van der Waals surface area contributed by atoms with Crippen molar-refractivity contribution >= 4 is 50.7 Å². The van der Waals surface area contributed by atoms with Crippen LogP contribution in [0.15, 0.2) is 102 Å². The van der Waals surface area contributed by atoms with Crippen molar-refractivity contribution in [3.8, 4) is 5.75 Å². The van der Waals surface area contributed by atoms with Gasteiger partial charge in [-0.05, 0) is 67.8 Å². The van der Waals surface area contributed by atoms with E-state index in [2.05, 4.69) is 5.32 Å².